The molecule has 1 rings (SSSR count). The average Bonchev–Trinajstić information content (AvgIpc) is 2.18. The minimum absolute atomic E-state index is 0.0295. The Hall–Kier alpha value is -1.01. The summed E-state index contributed by atoms with van der Waals surface area (Å²) in [6, 6.07) is 2.28. The summed E-state index contributed by atoms with van der Waals surface area (Å²) in [4.78, 5) is 2.09. The maximum atomic E-state index is 8.80. The summed E-state index contributed by atoms with van der Waals surface area (Å²) in [7, 11) is 2.01. The molecule has 0 spiro atoms. The van der Waals surface area contributed by atoms with Crippen LogP contribution in [-0.4, -0.2) is 30.6 Å². The zero-order valence-corrected chi connectivity index (χ0v) is 8.21. The Labute approximate surface area is 80.0 Å². The quantitative estimate of drug-likeness (QED) is 0.705. The molecule has 0 aromatic heterocycles. The summed E-state index contributed by atoms with van der Waals surface area (Å²) in [6.07, 6.45) is 4.48. The zero-order valence-electron chi connectivity index (χ0n) is 8.21. The molecule has 1 heterocycles. The second kappa shape index (κ2) is 4.29. The molecule has 13 heavy (non-hydrogen) atoms. The molecule has 72 valence electrons. The average molecular weight is 179 g/mol. The van der Waals surface area contributed by atoms with E-state index in [9.17, 15) is 0 Å². The summed E-state index contributed by atoms with van der Waals surface area (Å²) < 4.78 is 0. The highest BCUT2D eigenvalue weighted by molar-refractivity contribution is 5.01. The fourth-order valence-electron chi connectivity index (χ4n) is 1.89. The Morgan fingerprint density at radius 3 is 2.69 bits per heavy atom. The molecular weight excluding hydrogens is 162 g/mol. The molecule has 1 fully saturated rings. The summed E-state index contributed by atoms with van der Waals surface area (Å²) in [5.41, 5.74) is 0.0295. The SMILES string of the molecule is C=CN(C)C1(CC#N)CCNCC1. The van der Waals surface area contributed by atoms with Gasteiger partial charge in [-0.25, -0.2) is 0 Å². The molecule has 0 radical (unpaired) electrons. The van der Waals surface area contributed by atoms with E-state index in [1.54, 1.807) is 0 Å². The molecule has 0 bridgehead atoms. The van der Waals surface area contributed by atoms with Gasteiger partial charge < -0.3 is 10.2 Å². The van der Waals surface area contributed by atoms with E-state index in [0.29, 0.717) is 6.42 Å². The first-order chi connectivity index (χ1) is 6.25. The second-order valence-corrected chi connectivity index (χ2v) is 3.60. The topological polar surface area (TPSA) is 39.1 Å². The maximum Gasteiger partial charge on any atom is 0.0646 e. The summed E-state index contributed by atoms with van der Waals surface area (Å²) in [5, 5.41) is 12.1. The van der Waals surface area contributed by atoms with E-state index in [1.807, 2.05) is 13.2 Å². The molecule has 3 nitrogen and oxygen atoms in total. The van der Waals surface area contributed by atoms with E-state index in [4.69, 9.17) is 5.26 Å². The molecule has 0 unspecified atom stereocenters. The van der Waals surface area contributed by atoms with E-state index >= 15 is 0 Å². The highest BCUT2D eigenvalue weighted by Crippen LogP contribution is 2.28. The molecule has 0 aromatic rings. The fraction of sp³-hybridized carbons (Fsp3) is 0.700. The third kappa shape index (κ3) is 2.02. The van der Waals surface area contributed by atoms with Gasteiger partial charge in [-0.05, 0) is 32.1 Å². The highest BCUT2D eigenvalue weighted by atomic mass is 15.2. The third-order valence-electron chi connectivity index (χ3n) is 2.96. The third-order valence-corrected chi connectivity index (χ3v) is 2.96. The number of rotatable bonds is 3. The van der Waals surface area contributed by atoms with Crippen LogP contribution in [-0.2, 0) is 0 Å². The van der Waals surface area contributed by atoms with Crippen molar-refractivity contribution < 1.29 is 0 Å². The minimum atomic E-state index is 0.0295. The van der Waals surface area contributed by atoms with Gasteiger partial charge in [0, 0.05) is 7.05 Å². The standard InChI is InChI=1S/C10H17N3/c1-3-13(2)10(4-7-11)5-8-12-9-6-10/h3,12H,1,4-6,8-9H2,2H3. The van der Waals surface area contributed by atoms with Gasteiger partial charge in [0.25, 0.3) is 0 Å². The molecule has 1 aliphatic heterocycles. The Morgan fingerprint density at radius 2 is 2.23 bits per heavy atom. The van der Waals surface area contributed by atoms with Crippen LogP contribution in [0.5, 0.6) is 0 Å². The van der Waals surface area contributed by atoms with E-state index in [2.05, 4.69) is 22.9 Å². The Balaban J connectivity index is 2.73. The molecule has 0 saturated carbocycles. The van der Waals surface area contributed by atoms with Gasteiger partial charge in [0.2, 0.25) is 0 Å². The highest BCUT2D eigenvalue weighted by Gasteiger charge is 2.34. The van der Waals surface area contributed by atoms with E-state index in [0.717, 1.165) is 25.9 Å². The van der Waals surface area contributed by atoms with Crippen LogP contribution < -0.4 is 5.32 Å². The van der Waals surface area contributed by atoms with Crippen LogP contribution in [0, 0.1) is 11.3 Å². The van der Waals surface area contributed by atoms with Crippen LogP contribution in [0.4, 0.5) is 0 Å². The molecular formula is C10H17N3. The normalized spacial score (nSPS) is 20.3. The monoisotopic (exact) mass is 179 g/mol. The lowest BCUT2D eigenvalue weighted by Gasteiger charge is -2.43. The molecule has 1 saturated heterocycles. The first-order valence-electron chi connectivity index (χ1n) is 4.68. The summed E-state index contributed by atoms with van der Waals surface area (Å²) >= 11 is 0. The van der Waals surface area contributed by atoms with Crippen LogP contribution in [0.2, 0.25) is 0 Å². The van der Waals surface area contributed by atoms with Gasteiger partial charge in [-0.3, -0.25) is 0 Å². The second-order valence-electron chi connectivity index (χ2n) is 3.60. The number of hydrogen-bond acceptors (Lipinski definition) is 3. The lowest BCUT2D eigenvalue weighted by atomic mass is 9.84. The predicted octanol–water partition coefficient (Wildman–Crippen LogP) is 1.10. The van der Waals surface area contributed by atoms with E-state index < -0.39 is 0 Å². The summed E-state index contributed by atoms with van der Waals surface area (Å²) in [6.45, 7) is 5.76. The summed E-state index contributed by atoms with van der Waals surface area (Å²) in [5.74, 6) is 0. The van der Waals surface area contributed by atoms with Gasteiger partial charge in [0.15, 0.2) is 0 Å². The Kier molecular flexibility index (Phi) is 3.32. The van der Waals surface area contributed by atoms with Crippen molar-refractivity contribution in [1.82, 2.24) is 10.2 Å². The van der Waals surface area contributed by atoms with Crippen molar-refractivity contribution in [3.63, 3.8) is 0 Å². The lowest BCUT2D eigenvalue weighted by Crippen LogP contribution is -2.50. The van der Waals surface area contributed by atoms with Gasteiger partial charge in [-0.2, -0.15) is 5.26 Å². The predicted molar refractivity (Wildman–Crippen MR) is 53.0 cm³/mol. The number of piperidine rings is 1. The van der Waals surface area contributed by atoms with Crippen molar-refractivity contribution in [3.05, 3.63) is 12.8 Å². The molecule has 0 aromatic carbocycles. The first-order valence-corrected chi connectivity index (χ1v) is 4.68. The zero-order chi connectivity index (χ0) is 9.73. The van der Waals surface area contributed by atoms with Gasteiger partial charge in [-0.15, -0.1) is 0 Å². The van der Waals surface area contributed by atoms with Crippen molar-refractivity contribution in [2.24, 2.45) is 0 Å². The number of nitriles is 1. The number of hydrogen-bond donors (Lipinski definition) is 1. The van der Waals surface area contributed by atoms with Crippen LogP contribution in [0.1, 0.15) is 19.3 Å². The largest absolute Gasteiger partial charge is 0.374 e. The van der Waals surface area contributed by atoms with Crippen molar-refractivity contribution in [2.45, 2.75) is 24.8 Å². The number of nitrogens with one attached hydrogen (secondary N) is 1. The number of nitrogens with zero attached hydrogens (tertiary/aromatic N) is 2. The van der Waals surface area contributed by atoms with Crippen LogP contribution in [0.25, 0.3) is 0 Å². The molecule has 0 amide bonds. The smallest absolute Gasteiger partial charge is 0.0646 e. The molecule has 3 heteroatoms. The van der Waals surface area contributed by atoms with Crippen molar-refractivity contribution in [2.75, 3.05) is 20.1 Å². The van der Waals surface area contributed by atoms with Gasteiger partial charge >= 0.3 is 0 Å². The van der Waals surface area contributed by atoms with Crippen molar-refractivity contribution >= 4 is 0 Å². The van der Waals surface area contributed by atoms with Gasteiger partial charge in [0.05, 0.1) is 18.0 Å². The molecule has 0 aliphatic carbocycles. The molecule has 1 aliphatic rings. The van der Waals surface area contributed by atoms with E-state index in [1.165, 1.54) is 0 Å². The Morgan fingerprint density at radius 1 is 1.62 bits per heavy atom. The van der Waals surface area contributed by atoms with Crippen molar-refractivity contribution in [1.29, 1.82) is 5.26 Å². The van der Waals surface area contributed by atoms with Gasteiger partial charge in [0.1, 0.15) is 0 Å². The van der Waals surface area contributed by atoms with Crippen LogP contribution in [0.3, 0.4) is 0 Å². The Bertz CT molecular complexity index is 211. The lowest BCUT2D eigenvalue weighted by molar-refractivity contribution is 0.134. The maximum absolute atomic E-state index is 8.80. The van der Waals surface area contributed by atoms with E-state index in [-0.39, 0.29) is 5.54 Å². The first kappa shape index (κ1) is 10.1. The van der Waals surface area contributed by atoms with Gasteiger partial charge in [-0.1, -0.05) is 6.58 Å². The van der Waals surface area contributed by atoms with Crippen LogP contribution >= 0.6 is 0 Å². The molecule has 0 atom stereocenters. The van der Waals surface area contributed by atoms with Crippen LogP contribution in [0.15, 0.2) is 12.8 Å². The van der Waals surface area contributed by atoms with Crippen molar-refractivity contribution in [3.8, 4) is 6.07 Å². The molecule has 1 N–H and O–H groups in total. The fourth-order valence-corrected chi connectivity index (χ4v) is 1.89. The minimum Gasteiger partial charge on any atom is -0.374 e.